The number of nitrogens with zero attached hydrogens (tertiary/aromatic N) is 1. The Morgan fingerprint density at radius 3 is 2.63 bits per heavy atom. The molecule has 1 atom stereocenters. The highest BCUT2D eigenvalue weighted by molar-refractivity contribution is 7.99. The van der Waals surface area contributed by atoms with Gasteiger partial charge in [-0.25, -0.2) is 4.39 Å². The number of halogens is 1. The van der Waals surface area contributed by atoms with E-state index in [2.05, 4.69) is 0 Å². The van der Waals surface area contributed by atoms with Gasteiger partial charge in [-0.05, 0) is 24.6 Å². The van der Waals surface area contributed by atoms with Gasteiger partial charge < -0.3 is 0 Å². The van der Waals surface area contributed by atoms with E-state index in [9.17, 15) is 14.5 Å². The molecule has 2 rings (SSSR count). The lowest BCUT2D eigenvalue weighted by Crippen LogP contribution is -1.93. The van der Waals surface area contributed by atoms with Crippen LogP contribution in [0, 0.1) is 15.9 Å². The van der Waals surface area contributed by atoms with Crippen molar-refractivity contribution in [2.75, 3.05) is 0 Å². The van der Waals surface area contributed by atoms with E-state index in [1.165, 1.54) is 30.0 Å². The van der Waals surface area contributed by atoms with Crippen LogP contribution in [-0.2, 0) is 0 Å². The van der Waals surface area contributed by atoms with Crippen LogP contribution in [0.4, 0.5) is 10.1 Å². The summed E-state index contributed by atoms with van der Waals surface area (Å²) in [6.45, 7) is 1.90. The van der Waals surface area contributed by atoms with E-state index >= 15 is 0 Å². The third kappa shape index (κ3) is 3.32. The molecule has 0 aliphatic rings. The van der Waals surface area contributed by atoms with Crippen LogP contribution in [-0.4, -0.2) is 4.92 Å². The van der Waals surface area contributed by atoms with Crippen LogP contribution < -0.4 is 0 Å². The summed E-state index contributed by atoms with van der Waals surface area (Å²) in [5, 5.41) is 10.7. The van der Waals surface area contributed by atoms with Crippen molar-refractivity contribution in [2.45, 2.75) is 17.1 Å². The molecular formula is C14H12FNO2S. The van der Waals surface area contributed by atoms with Gasteiger partial charge in [-0.3, -0.25) is 10.1 Å². The number of hydrogen-bond acceptors (Lipinski definition) is 3. The highest BCUT2D eigenvalue weighted by Gasteiger charge is 2.13. The molecule has 0 radical (unpaired) electrons. The summed E-state index contributed by atoms with van der Waals surface area (Å²) >= 11 is 1.35. The van der Waals surface area contributed by atoms with E-state index < -0.39 is 4.92 Å². The average Bonchev–Trinajstić information content (AvgIpc) is 2.41. The van der Waals surface area contributed by atoms with Gasteiger partial charge in [-0.2, -0.15) is 0 Å². The fourth-order valence-electron chi connectivity index (χ4n) is 1.69. The smallest absolute Gasteiger partial charge is 0.258 e. The maximum atomic E-state index is 13.5. The minimum Gasteiger partial charge on any atom is -0.258 e. The van der Waals surface area contributed by atoms with Gasteiger partial charge in [0.05, 0.1) is 4.92 Å². The predicted molar refractivity (Wildman–Crippen MR) is 73.8 cm³/mol. The van der Waals surface area contributed by atoms with Crippen molar-refractivity contribution < 1.29 is 9.31 Å². The average molecular weight is 277 g/mol. The third-order valence-corrected chi connectivity index (χ3v) is 3.90. The number of nitro groups is 1. The minimum absolute atomic E-state index is 0.0542. The molecule has 0 saturated carbocycles. The molecule has 0 heterocycles. The number of hydrogen-bond donors (Lipinski definition) is 0. The topological polar surface area (TPSA) is 43.1 Å². The zero-order valence-corrected chi connectivity index (χ0v) is 11.1. The van der Waals surface area contributed by atoms with Crippen LogP contribution in [0.5, 0.6) is 0 Å². The van der Waals surface area contributed by atoms with Crippen LogP contribution in [0.2, 0.25) is 0 Å². The van der Waals surface area contributed by atoms with E-state index in [0.717, 1.165) is 5.56 Å². The number of rotatable bonds is 4. The molecular weight excluding hydrogens is 265 g/mol. The lowest BCUT2D eigenvalue weighted by atomic mass is 10.1. The predicted octanol–water partition coefficient (Wildman–Crippen LogP) is 4.59. The summed E-state index contributed by atoms with van der Waals surface area (Å²) in [6.07, 6.45) is 0. The SMILES string of the molecule is CC(Sc1ccccc1F)c1cccc([N+](=O)[O-])c1. The number of nitro benzene ring substituents is 1. The van der Waals surface area contributed by atoms with Crippen molar-refractivity contribution in [2.24, 2.45) is 0 Å². The first-order valence-corrected chi connectivity index (χ1v) is 6.61. The molecule has 98 valence electrons. The third-order valence-electron chi connectivity index (χ3n) is 2.69. The first-order chi connectivity index (χ1) is 9.08. The molecule has 0 saturated heterocycles. The molecule has 0 amide bonds. The van der Waals surface area contributed by atoms with Gasteiger partial charge in [0, 0.05) is 22.3 Å². The van der Waals surface area contributed by atoms with Crippen molar-refractivity contribution in [3.8, 4) is 0 Å². The van der Waals surface area contributed by atoms with E-state index in [0.29, 0.717) is 4.90 Å². The second-order valence-electron chi connectivity index (χ2n) is 4.04. The zero-order chi connectivity index (χ0) is 13.8. The second kappa shape index (κ2) is 5.84. The maximum Gasteiger partial charge on any atom is 0.269 e. The Kier molecular flexibility index (Phi) is 4.16. The lowest BCUT2D eigenvalue weighted by molar-refractivity contribution is -0.384. The summed E-state index contributed by atoms with van der Waals surface area (Å²) in [5.41, 5.74) is 0.862. The van der Waals surface area contributed by atoms with Gasteiger partial charge in [0.25, 0.3) is 5.69 Å². The van der Waals surface area contributed by atoms with Gasteiger partial charge in [-0.1, -0.05) is 24.3 Å². The van der Waals surface area contributed by atoms with Crippen molar-refractivity contribution in [3.63, 3.8) is 0 Å². The highest BCUT2D eigenvalue weighted by atomic mass is 32.2. The summed E-state index contributed by atoms with van der Waals surface area (Å²) < 4.78 is 13.5. The normalized spacial score (nSPS) is 12.1. The first kappa shape index (κ1) is 13.5. The molecule has 0 aliphatic carbocycles. The van der Waals surface area contributed by atoms with E-state index in [-0.39, 0.29) is 16.8 Å². The van der Waals surface area contributed by atoms with Crippen molar-refractivity contribution in [1.82, 2.24) is 0 Å². The van der Waals surface area contributed by atoms with Crippen LogP contribution >= 0.6 is 11.8 Å². The Bertz CT molecular complexity index is 604. The van der Waals surface area contributed by atoms with Crippen LogP contribution in [0.25, 0.3) is 0 Å². The zero-order valence-electron chi connectivity index (χ0n) is 10.2. The Morgan fingerprint density at radius 1 is 1.21 bits per heavy atom. The first-order valence-electron chi connectivity index (χ1n) is 5.73. The molecule has 0 N–H and O–H groups in total. The molecule has 0 bridgehead atoms. The number of benzene rings is 2. The summed E-state index contributed by atoms with van der Waals surface area (Å²) in [4.78, 5) is 10.8. The molecule has 2 aromatic carbocycles. The van der Waals surface area contributed by atoms with Gasteiger partial charge in [0.2, 0.25) is 0 Å². The fraction of sp³-hybridized carbons (Fsp3) is 0.143. The van der Waals surface area contributed by atoms with E-state index in [1.54, 1.807) is 24.3 Å². The molecule has 0 aliphatic heterocycles. The Labute approximate surface area is 114 Å². The second-order valence-corrected chi connectivity index (χ2v) is 5.43. The Hall–Kier alpha value is -1.88. The highest BCUT2D eigenvalue weighted by Crippen LogP contribution is 2.36. The summed E-state index contributed by atoms with van der Waals surface area (Å²) in [6, 6.07) is 12.9. The fourth-order valence-corrected chi connectivity index (χ4v) is 2.69. The molecule has 0 spiro atoms. The monoisotopic (exact) mass is 277 g/mol. The van der Waals surface area contributed by atoms with Crippen LogP contribution in [0.1, 0.15) is 17.7 Å². The lowest BCUT2D eigenvalue weighted by Gasteiger charge is -2.11. The van der Waals surface area contributed by atoms with E-state index in [4.69, 9.17) is 0 Å². The van der Waals surface area contributed by atoms with Crippen molar-refractivity contribution in [3.05, 3.63) is 70.0 Å². The minimum atomic E-state index is -0.427. The maximum absolute atomic E-state index is 13.5. The van der Waals surface area contributed by atoms with Crippen LogP contribution in [0.3, 0.4) is 0 Å². The van der Waals surface area contributed by atoms with Gasteiger partial charge in [-0.15, -0.1) is 11.8 Å². The van der Waals surface area contributed by atoms with Crippen molar-refractivity contribution >= 4 is 17.4 Å². The van der Waals surface area contributed by atoms with Gasteiger partial charge >= 0.3 is 0 Å². The largest absolute Gasteiger partial charge is 0.269 e. The molecule has 5 heteroatoms. The summed E-state index contributed by atoms with van der Waals surface area (Å²) in [5.74, 6) is -0.273. The number of non-ortho nitro benzene ring substituents is 1. The molecule has 0 aromatic heterocycles. The standard InChI is InChI=1S/C14H12FNO2S/c1-10(19-14-8-3-2-7-13(14)15)11-5-4-6-12(9-11)16(17)18/h2-10H,1H3. The van der Waals surface area contributed by atoms with E-state index in [1.807, 2.05) is 13.0 Å². The molecule has 1 unspecified atom stereocenters. The number of thioether (sulfide) groups is 1. The Balaban J connectivity index is 2.20. The molecule has 3 nitrogen and oxygen atoms in total. The van der Waals surface area contributed by atoms with Gasteiger partial charge in [0.15, 0.2) is 0 Å². The van der Waals surface area contributed by atoms with Crippen molar-refractivity contribution in [1.29, 1.82) is 0 Å². The molecule has 19 heavy (non-hydrogen) atoms. The Morgan fingerprint density at radius 2 is 1.95 bits per heavy atom. The molecule has 2 aromatic rings. The molecule has 0 fully saturated rings. The summed E-state index contributed by atoms with van der Waals surface area (Å²) in [7, 11) is 0. The quantitative estimate of drug-likeness (QED) is 0.466. The van der Waals surface area contributed by atoms with Crippen LogP contribution in [0.15, 0.2) is 53.4 Å². The van der Waals surface area contributed by atoms with Gasteiger partial charge in [0.1, 0.15) is 5.82 Å².